The molecule has 10 heteroatoms. The number of aryl methyl sites for hydroxylation is 2. The summed E-state index contributed by atoms with van der Waals surface area (Å²) in [5.74, 6) is -1.27. The molecule has 0 aliphatic rings. The summed E-state index contributed by atoms with van der Waals surface area (Å²) in [6.45, 7) is 2.51. The number of nitrogens with zero attached hydrogens (tertiary/aromatic N) is 3. The highest BCUT2D eigenvalue weighted by Crippen LogP contribution is 2.19. The van der Waals surface area contributed by atoms with Gasteiger partial charge in [0.05, 0.1) is 11.4 Å². The van der Waals surface area contributed by atoms with E-state index in [1.807, 2.05) is 20.2 Å². The third-order valence-electron chi connectivity index (χ3n) is 3.95. The van der Waals surface area contributed by atoms with E-state index in [0.29, 0.717) is 18.4 Å². The van der Waals surface area contributed by atoms with Crippen LogP contribution in [0.5, 0.6) is 0 Å². The van der Waals surface area contributed by atoms with Crippen molar-refractivity contribution in [2.24, 2.45) is 7.05 Å². The van der Waals surface area contributed by atoms with Crippen LogP contribution < -0.4 is 10.0 Å². The van der Waals surface area contributed by atoms with Gasteiger partial charge < -0.3 is 5.32 Å². The second-order valence-corrected chi connectivity index (χ2v) is 7.81. The van der Waals surface area contributed by atoms with Crippen LogP contribution in [-0.2, 0) is 30.0 Å². The molecule has 0 amide bonds. The number of aromatic nitrogens is 3. The fourth-order valence-electron chi connectivity index (χ4n) is 2.69. The molecule has 28 heavy (non-hydrogen) atoms. The highest BCUT2D eigenvalue weighted by atomic mass is 32.2. The SMILES string of the molecule is CCc1nn(C)cc1CNc1ccc(S(=O)(=O)Nc2cc(F)cc(F)c2)cn1. The molecule has 0 aliphatic carbocycles. The van der Waals surface area contributed by atoms with Gasteiger partial charge in [-0.25, -0.2) is 22.2 Å². The lowest BCUT2D eigenvalue weighted by Crippen LogP contribution is -2.14. The van der Waals surface area contributed by atoms with Gasteiger partial charge in [0.15, 0.2) is 0 Å². The normalized spacial score (nSPS) is 11.4. The Hall–Kier alpha value is -3.01. The molecular formula is C18H19F2N5O2S. The largest absolute Gasteiger partial charge is 0.366 e. The first kappa shape index (κ1) is 19.7. The Kier molecular flexibility index (Phi) is 5.59. The summed E-state index contributed by atoms with van der Waals surface area (Å²) in [6.07, 6.45) is 3.88. The number of anilines is 2. The van der Waals surface area contributed by atoms with Crippen molar-refractivity contribution in [3.05, 3.63) is 65.6 Å². The van der Waals surface area contributed by atoms with Gasteiger partial charge >= 0.3 is 0 Å². The number of hydrogen-bond donors (Lipinski definition) is 2. The summed E-state index contributed by atoms with van der Waals surface area (Å²) in [4.78, 5) is 3.97. The molecule has 0 unspecified atom stereocenters. The van der Waals surface area contributed by atoms with Crippen molar-refractivity contribution >= 4 is 21.5 Å². The molecule has 0 saturated carbocycles. The summed E-state index contributed by atoms with van der Waals surface area (Å²) in [5.41, 5.74) is 1.79. The number of rotatable bonds is 7. The van der Waals surface area contributed by atoms with Crippen LogP contribution in [0.2, 0.25) is 0 Å². The average molecular weight is 407 g/mol. The van der Waals surface area contributed by atoms with Gasteiger partial charge in [-0.2, -0.15) is 5.10 Å². The molecule has 3 rings (SSSR count). The Morgan fingerprint density at radius 3 is 2.46 bits per heavy atom. The minimum Gasteiger partial charge on any atom is -0.366 e. The highest BCUT2D eigenvalue weighted by molar-refractivity contribution is 7.92. The van der Waals surface area contributed by atoms with Crippen LogP contribution in [0.3, 0.4) is 0 Å². The zero-order valence-corrected chi connectivity index (χ0v) is 16.1. The van der Waals surface area contributed by atoms with Crippen LogP contribution in [-0.4, -0.2) is 23.2 Å². The Morgan fingerprint density at radius 2 is 1.86 bits per heavy atom. The summed E-state index contributed by atoms with van der Waals surface area (Å²) < 4.78 is 55.1. The molecule has 0 bridgehead atoms. The molecule has 148 valence electrons. The molecule has 0 atom stereocenters. The van der Waals surface area contributed by atoms with Crippen molar-refractivity contribution in [2.75, 3.05) is 10.0 Å². The Morgan fingerprint density at radius 1 is 1.14 bits per heavy atom. The zero-order chi connectivity index (χ0) is 20.3. The van der Waals surface area contributed by atoms with Gasteiger partial charge in [-0.15, -0.1) is 0 Å². The van der Waals surface area contributed by atoms with Gasteiger partial charge in [0.25, 0.3) is 10.0 Å². The van der Waals surface area contributed by atoms with Crippen LogP contribution >= 0.6 is 0 Å². The van der Waals surface area contributed by atoms with Gasteiger partial charge in [-0.05, 0) is 30.7 Å². The standard InChI is InChI=1S/C18H19F2N5O2S/c1-3-17-12(11-25(2)23-17)9-21-18-5-4-16(10-22-18)28(26,27)24-15-7-13(19)6-14(20)8-15/h4-8,10-11,24H,3,9H2,1-2H3,(H,21,22). The minimum atomic E-state index is -4.02. The fourth-order valence-corrected chi connectivity index (χ4v) is 3.67. The van der Waals surface area contributed by atoms with E-state index in [1.54, 1.807) is 4.68 Å². The summed E-state index contributed by atoms with van der Waals surface area (Å²) in [5, 5.41) is 7.47. The molecule has 2 aromatic heterocycles. The third kappa shape index (κ3) is 4.63. The maximum Gasteiger partial charge on any atom is 0.263 e. The van der Waals surface area contributed by atoms with E-state index in [4.69, 9.17) is 0 Å². The van der Waals surface area contributed by atoms with Gasteiger partial charge in [0, 0.05) is 37.6 Å². The molecule has 2 heterocycles. The fraction of sp³-hybridized carbons (Fsp3) is 0.222. The van der Waals surface area contributed by atoms with Crippen LogP contribution in [0.4, 0.5) is 20.3 Å². The van der Waals surface area contributed by atoms with Crippen molar-refractivity contribution in [3.8, 4) is 0 Å². The molecule has 7 nitrogen and oxygen atoms in total. The summed E-state index contributed by atoms with van der Waals surface area (Å²) in [7, 11) is -2.18. The van der Waals surface area contributed by atoms with E-state index in [9.17, 15) is 17.2 Å². The Labute approximate surface area is 161 Å². The van der Waals surface area contributed by atoms with Crippen molar-refractivity contribution in [1.82, 2.24) is 14.8 Å². The first-order valence-corrected chi connectivity index (χ1v) is 9.95. The monoisotopic (exact) mass is 407 g/mol. The van der Waals surface area contributed by atoms with Crippen LogP contribution in [0.1, 0.15) is 18.2 Å². The predicted octanol–water partition coefficient (Wildman–Crippen LogP) is 3.07. The minimum absolute atomic E-state index is 0.127. The molecule has 0 spiro atoms. The van der Waals surface area contributed by atoms with Crippen molar-refractivity contribution in [1.29, 1.82) is 0 Å². The third-order valence-corrected chi connectivity index (χ3v) is 5.31. The quantitative estimate of drug-likeness (QED) is 0.628. The maximum absolute atomic E-state index is 13.2. The molecule has 2 N–H and O–H groups in total. The molecule has 1 aromatic carbocycles. The van der Waals surface area contributed by atoms with Crippen LogP contribution in [0, 0.1) is 11.6 Å². The molecule has 0 aliphatic heterocycles. The van der Waals surface area contributed by atoms with Crippen LogP contribution in [0.25, 0.3) is 0 Å². The van der Waals surface area contributed by atoms with E-state index >= 15 is 0 Å². The smallest absolute Gasteiger partial charge is 0.263 e. The molecule has 0 saturated heterocycles. The van der Waals surface area contributed by atoms with Gasteiger partial charge in [0.2, 0.25) is 0 Å². The lowest BCUT2D eigenvalue weighted by atomic mass is 10.2. The van der Waals surface area contributed by atoms with E-state index in [-0.39, 0.29) is 10.6 Å². The topological polar surface area (TPSA) is 88.9 Å². The van der Waals surface area contributed by atoms with Gasteiger partial charge in [-0.3, -0.25) is 9.40 Å². The summed E-state index contributed by atoms with van der Waals surface area (Å²) in [6, 6.07) is 5.32. The zero-order valence-electron chi connectivity index (χ0n) is 15.3. The number of pyridine rings is 1. The lowest BCUT2D eigenvalue weighted by molar-refractivity contribution is 0.584. The number of halogens is 2. The maximum atomic E-state index is 13.2. The number of benzene rings is 1. The average Bonchev–Trinajstić information content (AvgIpc) is 2.99. The van der Waals surface area contributed by atoms with Gasteiger partial charge in [-0.1, -0.05) is 6.92 Å². The molecular weight excluding hydrogens is 388 g/mol. The van der Waals surface area contributed by atoms with Crippen molar-refractivity contribution in [2.45, 2.75) is 24.8 Å². The van der Waals surface area contributed by atoms with Crippen LogP contribution in [0.15, 0.2) is 47.6 Å². The van der Waals surface area contributed by atoms with E-state index in [0.717, 1.165) is 29.8 Å². The number of sulfonamides is 1. The highest BCUT2D eigenvalue weighted by Gasteiger charge is 2.16. The van der Waals surface area contributed by atoms with E-state index in [2.05, 4.69) is 20.1 Å². The van der Waals surface area contributed by atoms with E-state index in [1.165, 1.54) is 18.3 Å². The molecule has 0 radical (unpaired) electrons. The Bertz CT molecular complexity index is 1060. The number of nitrogens with one attached hydrogen (secondary N) is 2. The second-order valence-electron chi connectivity index (χ2n) is 6.12. The summed E-state index contributed by atoms with van der Waals surface area (Å²) >= 11 is 0. The number of hydrogen-bond acceptors (Lipinski definition) is 5. The Balaban J connectivity index is 1.70. The van der Waals surface area contributed by atoms with Crippen molar-refractivity contribution < 1.29 is 17.2 Å². The van der Waals surface area contributed by atoms with Gasteiger partial charge in [0.1, 0.15) is 22.3 Å². The predicted molar refractivity (Wildman–Crippen MR) is 101 cm³/mol. The first-order chi connectivity index (χ1) is 13.3. The van der Waals surface area contributed by atoms with Crippen molar-refractivity contribution in [3.63, 3.8) is 0 Å². The lowest BCUT2D eigenvalue weighted by Gasteiger charge is -2.09. The first-order valence-electron chi connectivity index (χ1n) is 8.47. The molecule has 0 fully saturated rings. The second kappa shape index (κ2) is 7.93. The van der Waals surface area contributed by atoms with E-state index < -0.39 is 21.7 Å². The molecule has 3 aromatic rings.